The maximum absolute atomic E-state index is 12.5. The van der Waals surface area contributed by atoms with E-state index >= 15 is 0 Å². The molecule has 0 unspecified atom stereocenters. The first kappa shape index (κ1) is 11.8. The van der Waals surface area contributed by atoms with Crippen LogP contribution < -0.4 is 4.90 Å². The van der Waals surface area contributed by atoms with Gasteiger partial charge in [0.2, 0.25) is 0 Å². The highest BCUT2D eigenvalue weighted by atomic mass is 16.2. The first-order valence-corrected chi connectivity index (χ1v) is 6.44. The molecule has 0 radical (unpaired) electrons. The highest BCUT2D eigenvalue weighted by molar-refractivity contribution is 6.05. The minimum Gasteiger partial charge on any atom is -0.307 e. The van der Waals surface area contributed by atoms with Crippen molar-refractivity contribution in [3.8, 4) is 0 Å². The third kappa shape index (κ3) is 2.21. The van der Waals surface area contributed by atoms with Crippen molar-refractivity contribution < 1.29 is 4.79 Å². The molecule has 3 rings (SSSR count). The molecule has 4 heteroatoms. The predicted molar refractivity (Wildman–Crippen MR) is 73.2 cm³/mol. The Morgan fingerprint density at radius 3 is 2.84 bits per heavy atom. The van der Waals surface area contributed by atoms with Gasteiger partial charge in [-0.05, 0) is 31.4 Å². The summed E-state index contributed by atoms with van der Waals surface area (Å²) in [5.74, 6) is -0.0698. The normalized spacial score (nSPS) is 14.1. The summed E-state index contributed by atoms with van der Waals surface area (Å²) in [6.45, 7) is 2.60. The quantitative estimate of drug-likeness (QED) is 0.784. The standard InChI is InChI=1S/C15H15N3O/c1-11-9-17-13(10-16-11)15(19)18-8-4-6-12-5-2-3-7-14(12)18/h2-3,5,7,9-10H,4,6,8H2,1H3. The van der Waals surface area contributed by atoms with Crippen molar-refractivity contribution in [2.24, 2.45) is 0 Å². The first-order valence-electron chi connectivity index (χ1n) is 6.44. The van der Waals surface area contributed by atoms with Crippen molar-refractivity contribution in [3.63, 3.8) is 0 Å². The van der Waals surface area contributed by atoms with Crippen LogP contribution in [-0.2, 0) is 6.42 Å². The summed E-state index contributed by atoms with van der Waals surface area (Å²) in [4.78, 5) is 22.6. The highest BCUT2D eigenvalue weighted by Gasteiger charge is 2.24. The molecule has 0 bridgehead atoms. The lowest BCUT2D eigenvalue weighted by Crippen LogP contribution is -2.36. The van der Waals surface area contributed by atoms with Crippen molar-refractivity contribution in [2.45, 2.75) is 19.8 Å². The van der Waals surface area contributed by atoms with Gasteiger partial charge < -0.3 is 4.90 Å². The van der Waals surface area contributed by atoms with Crippen molar-refractivity contribution in [2.75, 3.05) is 11.4 Å². The van der Waals surface area contributed by atoms with Gasteiger partial charge in [-0.2, -0.15) is 0 Å². The average molecular weight is 253 g/mol. The predicted octanol–water partition coefficient (Wildman–Crippen LogP) is 2.38. The summed E-state index contributed by atoms with van der Waals surface area (Å²) < 4.78 is 0. The van der Waals surface area contributed by atoms with Crippen LogP contribution in [0.1, 0.15) is 28.2 Å². The summed E-state index contributed by atoms with van der Waals surface area (Å²) in [6.07, 6.45) is 5.19. The molecule has 1 aromatic heterocycles. The number of anilines is 1. The SMILES string of the molecule is Cc1cnc(C(=O)N2CCCc3ccccc32)cn1. The van der Waals surface area contributed by atoms with E-state index in [0.717, 1.165) is 30.8 Å². The number of amides is 1. The van der Waals surface area contributed by atoms with E-state index in [1.807, 2.05) is 25.1 Å². The van der Waals surface area contributed by atoms with E-state index in [0.29, 0.717) is 5.69 Å². The Morgan fingerprint density at radius 1 is 1.21 bits per heavy atom. The number of nitrogens with zero attached hydrogens (tertiary/aromatic N) is 3. The zero-order valence-electron chi connectivity index (χ0n) is 10.8. The number of fused-ring (bicyclic) bond motifs is 1. The second-order valence-electron chi connectivity index (χ2n) is 4.73. The van der Waals surface area contributed by atoms with E-state index < -0.39 is 0 Å². The molecule has 0 saturated heterocycles. The highest BCUT2D eigenvalue weighted by Crippen LogP contribution is 2.27. The number of benzene rings is 1. The van der Waals surface area contributed by atoms with E-state index in [2.05, 4.69) is 16.0 Å². The molecule has 2 heterocycles. The Balaban J connectivity index is 1.95. The summed E-state index contributed by atoms with van der Waals surface area (Å²) in [5.41, 5.74) is 3.45. The van der Waals surface area contributed by atoms with Crippen molar-refractivity contribution in [1.82, 2.24) is 9.97 Å². The van der Waals surface area contributed by atoms with Crippen LogP contribution >= 0.6 is 0 Å². The molecule has 0 fully saturated rings. The topological polar surface area (TPSA) is 46.1 Å². The van der Waals surface area contributed by atoms with Gasteiger partial charge in [0.15, 0.2) is 0 Å². The number of hydrogen-bond acceptors (Lipinski definition) is 3. The van der Waals surface area contributed by atoms with Crippen LogP contribution in [-0.4, -0.2) is 22.4 Å². The fraction of sp³-hybridized carbons (Fsp3) is 0.267. The van der Waals surface area contributed by atoms with Gasteiger partial charge in [-0.1, -0.05) is 18.2 Å². The van der Waals surface area contributed by atoms with Crippen LogP contribution in [0.3, 0.4) is 0 Å². The lowest BCUT2D eigenvalue weighted by Gasteiger charge is -2.29. The van der Waals surface area contributed by atoms with E-state index in [9.17, 15) is 4.79 Å². The van der Waals surface area contributed by atoms with Gasteiger partial charge in [0.1, 0.15) is 5.69 Å². The fourth-order valence-electron chi connectivity index (χ4n) is 2.39. The fourth-order valence-corrected chi connectivity index (χ4v) is 2.39. The smallest absolute Gasteiger partial charge is 0.278 e. The van der Waals surface area contributed by atoms with Gasteiger partial charge in [-0.25, -0.2) is 4.98 Å². The minimum atomic E-state index is -0.0698. The Kier molecular flexibility index (Phi) is 2.99. The van der Waals surface area contributed by atoms with Gasteiger partial charge in [-0.15, -0.1) is 0 Å². The summed E-state index contributed by atoms with van der Waals surface area (Å²) >= 11 is 0. The number of rotatable bonds is 1. The van der Waals surface area contributed by atoms with Gasteiger partial charge in [0, 0.05) is 18.4 Å². The number of carbonyl (C=O) groups excluding carboxylic acids is 1. The Morgan fingerprint density at radius 2 is 2.05 bits per heavy atom. The molecule has 1 aromatic carbocycles. The number of hydrogen-bond donors (Lipinski definition) is 0. The lowest BCUT2D eigenvalue weighted by molar-refractivity contribution is 0.0980. The second-order valence-corrected chi connectivity index (χ2v) is 4.73. The molecule has 0 spiro atoms. The van der Waals surface area contributed by atoms with Crippen LogP contribution in [0.15, 0.2) is 36.7 Å². The Hall–Kier alpha value is -2.23. The van der Waals surface area contributed by atoms with Crippen LogP contribution in [0.2, 0.25) is 0 Å². The molecule has 1 aliphatic heterocycles. The third-order valence-corrected chi connectivity index (χ3v) is 3.36. The second kappa shape index (κ2) is 4.80. The van der Waals surface area contributed by atoms with Crippen LogP contribution in [0.5, 0.6) is 0 Å². The van der Waals surface area contributed by atoms with Crippen molar-refractivity contribution in [3.05, 3.63) is 53.6 Å². The first-order chi connectivity index (χ1) is 9.25. The molecular weight excluding hydrogens is 238 g/mol. The molecule has 0 atom stereocenters. The third-order valence-electron chi connectivity index (χ3n) is 3.36. The maximum Gasteiger partial charge on any atom is 0.278 e. The number of aryl methyl sites for hydroxylation is 2. The van der Waals surface area contributed by atoms with E-state index in [-0.39, 0.29) is 5.91 Å². The summed E-state index contributed by atoms with van der Waals surface area (Å²) in [6, 6.07) is 8.05. The van der Waals surface area contributed by atoms with E-state index in [4.69, 9.17) is 0 Å². The zero-order chi connectivity index (χ0) is 13.2. The molecule has 1 aliphatic rings. The molecule has 19 heavy (non-hydrogen) atoms. The Labute approximate surface area is 112 Å². The monoisotopic (exact) mass is 253 g/mol. The molecule has 0 aliphatic carbocycles. The van der Waals surface area contributed by atoms with Gasteiger partial charge >= 0.3 is 0 Å². The van der Waals surface area contributed by atoms with Crippen LogP contribution in [0.25, 0.3) is 0 Å². The zero-order valence-corrected chi connectivity index (χ0v) is 10.8. The molecule has 2 aromatic rings. The number of carbonyl (C=O) groups is 1. The maximum atomic E-state index is 12.5. The van der Waals surface area contributed by atoms with E-state index in [1.165, 1.54) is 5.56 Å². The van der Waals surface area contributed by atoms with Gasteiger partial charge in [-0.3, -0.25) is 9.78 Å². The lowest BCUT2D eigenvalue weighted by atomic mass is 10.0. The number of para-hydroxylation sites is 1. The summed E-state index contributed by atoms with van der Waals surface area (Å²) in [7, 11) is 0. The van der Waals surface area contributed by atoms with Crippen LogP contribution in [0, 0.1) is 6.92 Å². The Bertz CT molecular complexity index is 607. The van der Waals surface area contributed by atoms with E-state index in [1.54, 1.807) is 17.3 Å². The molecule has 96 valence electrons. The molecule has 4 nitrogen and oxygen atoms in total. The minimum absolute atomic E-state index is 0.0698. The van der Waals surface area contributed by atoms with Crippen molar-refractivity contribution in [1.29, 1.82) is 0 Å². The summed E-state index contributed by atoms with van der Waals surface area (Å²) in [5, 5.41) is 0. The number of aromatic nitrogens is 2. The van der Waals surface area contributed by atoms with Crippen LogP contribution in [0.4, 0.5) is 5.69 Å². The van der Waals surface area contributed by atoms with Gasteiger partial charge in [0.25, 0.3) is 5.91 Å². The van der Waals surface area contributed by atoms with Gasteiger partial charge in [0.05, 0.1) is 11.9 Å². The average Bonchev–Trinajstić information content (AvgIpc) is 2.47. The molecular formula is C15H15N3O. The molecule has 0 N–H and O–H groups in total. The molecule has 1 amide bonds. The largest absolute Gasteiger partial charge is 0.307 e. The molecule has 0 saturated carbocycles. The van der Waals surface area contributed by atoms with Crippen molar-refractivity contribution >= 4 is 11.6 Å².